The summed E-state index contributed by atoms with van der Waals surface area (Å²) in [6.45, 7) is 3.12. The summed E-state index contributed by atoms with van der Waals surface area (Å²) in [7, 11) is 0. The summed E-state index contributed by atoms with van der Waals surface area (Å²) in [6, 6.07) is 11.9. The third-order valence-corrected chi connectivity index (χ3v) is 4.19. The van der Waals surface area contributed by atoms with Crippen molar-refractivity contribution in [3.05, 3.63) is 53.3 Å². The van der Waals surface area contributed by atoms with E-state index in [0.29, 0.717) is 18.9 Å². The number of nitrogens with one attached hydrogen (secondary N) is 2. The summed E-state index contributed by atoms with van der Waals surface area (Å²) in [6.07, 6.45) is 0. The monoisotopic (exact) mass is 363 g/mol. The fourth-order valence-corrected chi connectivity index (χ4v) is 2.84. The maximum Gasteiger partial charge on any atom is 0.243 e. The number of amides is 1. The molecule has 3 rings (SSSR count). The lowest BCUT2D eigenvalue weighted by Crippen LogP contribution is -2.36. The van der Waals surface area contributed by atoms with Crippen LogP contribution in [0, 0.1) is 5.82 Å². The molecule has 2 aromatic carbocycles. The Morgan fingerprint density at radius 2 is 1.96 bits per heavy atom. The minimum atomic E-state index is -0.516. The number of ether oxygens (including phenoxy) is 1. The molecular weight excluding hydrogens is 345 g/mol. The number of halogens is 2. The summed E-state index contributed by atoms with van der Waals surface area (Å²) >= 11 is 5.72. The first-order chi connectivity index (χ1) is 12.1. The van der Waals surface area contributed by atoms with Crippen LogP contribution in [-0.2, 0) is 9.53 Å². The average Bonchev–Trinajstić information content (AvgIpc) is 2.64. The molecule has 132 valence electrons. The lowest BCUT2D eigenvalue weighted by Gasteiger charge is -2.30. The topological polar surface area (TPSA) is 53.6 Å². The second kappa shape index (κ2) is 8.18. The average molecular weight is 364 g/mol. The molecule has 0 bridgehead atoms. The number of para-hydroxylation sites is 2. The van der Waals surface area contributed by atoms with Crippen molar-refractivity contribution in [2.45, 2.75) is 0 Å². The summed E-state index contributed by atoms with van der Waals surface area (Å²) in [5.74, 6) is -0.753. The molecule has 0 unspecified atom stereocenters. The van der Waals surface area contributed by atoms with Crippen LogP contribution in [0.5, 0.6) is 0 Å². The van der Waals surface area contributed by atoms with Gasteiger partial charge in [0.25, 0.3) is 0 Å². The second-order valence-corrected chi connectivity index (χ2v) is 6.05. The predicted molar refractivity (Wildman–Crippen MR) is 98.0 cm³/mol. The van der Waals surface area contributed by atoms with Crippen LogP contribution in [0.3, 0.4) is 0 Å². The molecule has 1 heterocycles. The van der Waals surface area contributed by atoms with Gasteiger partial charge in [-0.3, -0.25) is 4.79 Å². The number of rotatable bonds is 5. The van der Waals surface area contributed by atoms with Gasteiger partial charge in [-0.15, -0.1) is 0 Å². The highest BCUT2D eigenvalue weighted by Crippen LogP contribution is 2.26. The third kappa shape index (κ3) is 4.61. The number of carbonyl (C=O) groups excluding carboxylic acids is 1. The zero-order valence-electron chi connectivity index (χ0n) is 13.6. The zero-order chi connectivity index (χ0) is 17.6. The Bertz CT molecular complexity index is 751. The Kier molecular flexibility index (Phi) is 5.73. The van der Waals surface area contributed by atoms with E-state index in [0.717, 1.165) is 24.5 Å². The molecule has 1 amide bonds. The molecule has 0 saturated carbocycles. The van der Waals surface area contributed by atoms with E-state index in [1.807, 2.05) is 24.3 Å². The van der Waals surface area contributed by atoms with Crippen LogP contribution in [-0.4, -0.2) is 38.8 Å². The molecule has 1 saturated heterocycles. The molecular formula is C18H19ClFN3O2. The molecule has 1 aliphatic rings. The van der Waals surface area contributed by atoms with Crippen LogP contribution < -0.4 is 15.5 Å². The van der Waals surface area contributed by atoms with Gasteiger partial charge in [-0.25, -0.2) is 4.39 Å². The molecule has 5 nitrogen and oxygen atoms in total. The molecule has 2 aromatic rings. The van der Waals surface area contributed by atoms with E-state index in [-0.39, 0.29) is 17.5 Å². The standard InChI is InChI=1S/C18H19ClFN3O2/c19-14-11-13(5-6-15(14)20)22-18(24)12-21-16-3-1-2-4-17(16)23-7-9-25-10-8-23/h1-6,11,21H,7-10,12H2,(H,22,24). The Balaban J connectivity index is 1.61. The lowest BCUT2D eigenvalue weighted by molar-refractivity contribution is -0.114. The predicted octanol–water partition coefficient (Wildman–Crippen LogP) is 3.37. The van der Waals surface area contributed by atoms with Crippen molar-refractivity contribution in [2.75, 3.05) is 48.4 Å². The largest absolute Gasteiger partial charge is 0.378 e. The maximum atomic E-state index is 13.2. The quantitative estimate of drug-likeness (QED) is 0.855. The van der Waals surface area contributed by atoms with Gasteiger partial charge < -0.3 is 20.3 Å². The number of hydrogen-bond donors (Lipinski definition) is 2. The molecule has 1 aliphatic heterocycles. The first-order valence-electron chi connectivity index (χ1n) is 8.04. The molecule has 25 heavy (non-hydrogen) atoms. The van der Waals surface area contributed by atoms with Crippen molar-refractivity contribution >= 4 is 34.6 Å². The van der Waals surface area contributed by atoms with Crippen molar-refractivity contribution in [1.29, 1.82) is 0 Å². The van der Waals surface area contributed by atoms with Gasteiger partial charge in [0, 0.05) is 18.8 Å². The Morgan fingerprint density at radius 1 is 1.20 bits per heavy atom. The number of morpholine rings is 1. The minimum absolute atomic E-state index is 0.0246. The lowest BCUT2D eigenvalue weighted by atomic mass is 10.2. The van der Waals surface area contributed by atoms with E-state index in [9.17, 15) is 9.18 Å². The Hall–Kier alpha value is -2.31. The number of carbonyl (C=O) groups is 1. The summed E-state index contributed by atoms with van der Waals surface area (Å²) in [4.78, 5) is 14.4. The normalized spacial score (nSPS) is 14.2. The molecule has 2 N–H and O–H groups in total. The minimum Gasteiger partial charge on any atom is -0.378 e. The fraction of sp³-hybridized carbons (Fsp3) is 0.278. The van der Waals surface area contributed by atoms with Gasteiger partial charge in [0.2, 0.25) is 5.91 Å². The smallest absolute Gasteiger partial charge is 0.243 e. The van der Waals surface area contributed by atoms with Crippen LogP contribution in [0.1, 0.15) is 0 Å². The highest BCUT2D eigenvalue weighted by atomic mass is 35.5. The van der Waals surface area contributed by atoms with Crippen LogP contribution in [0.4, 0.5) is 21.5 Å². The van der Waals surface area contributed by atoms with Gasteiger partial charge >= 0.3 is 0 Å². The second-order valence-electron chi connectivity index (χ2n) is 5.65. The van der Waals surface area contributed by atoms with E-state index in [1.165, 1.54) is 18.2 Å². The number of benzene rings is 2. The molecule has 1 fully saturated rings. The van der Waals surface area contributed by atoms with Gasteiger partial charge in [-0.05, 0) is 30.3 Å². The molecule has 0 aromatic heterocycles. The van der Waals surface area contributed by atoms with Gasteiger partial charge in [0.1, 0.15) is 5.82 Å². The van der Waals surface area contributed by atoms with Crippen LogP contribution >= 0.6 is 11.6 Å². The fourth-order valence-electron chi connectivity index (χ4n) is 2.66. The Morgan fingerprint density at radius 3 is 2.72 bits per heavy atom. The number of nitrogens with zero attached hydrogens (tertiary/aromatic N) is 1. The molecule has 0 radical (unpaired) electrons. The highest BCUT2D eigenvalue weighted by Gasteiger charge is 2.15. The van der Waals surface area contributed by atoms with E-state index in [2.05, 4.69) is 15.5 Å². The number of anilines is 3. The van der Waals surface area contributed by atoms with E-state index < -0.39 is 5.82 Å². The zero-order valence-corrected chi connectivity index (χ0v) is 14.4. The first kappa shape index (κ1) is 17.5. The Labute approximate surface area is 150 Å². The van der Waals surface area contributed by atoms with Crippen LogP contribution in [0.25, 0.3) is 0 Å². The maximum absolute atomic E-state index is 13.2. The summed E-state index contributed by atoms with van der Waals surface area (Å²) in [5, 5.41) is 5.82. The van der Waals surface area contributed by atoms with Crippen molar-refractivity contribution in [3.8, 4) is 0 Å². The molecule has 0 aliphatic carbocycles. The van der Waals surface area contributed by atoms with Crippen LogP contribution in [0.15, 0.2) is 42.5 Å². The first-order valence-corrected chi connectivity index (χ1v) is 8.42. The van der Waals surface area contributed by atoms with E-state index >= 15 is 0 Å². The van der Waals surface area contributed by atoms with Crippen molar-refractivity contribution in [3.63, 3.8) is 0 Å². The van der Waals surface area contributed by atoms with Crippen molar-refractivity contribution in [2.24, 2.45) is 0 Å². The van der Waals surface area contributed by atoms with Crippen LogP contribution in [0.2, 0.25) is 5.02 Å². The van der Waals surface area contributed by atoms with Gasteiger partial charge in [-0.1, -0.05) is 23.7 Å². The number of hydrogen-bond acceptors (Lipinski definition) is 4. The van der Waals surface area contributed by atoms with Crippen molar-refractivity contribution in [1.82, 2.24) is 0 Å². The van der Waals surface area contributed by atoms with Crippen molar-refractivity contribution < 1.29 is 13.9 Å². The molecule has 0 atom stereocenters. The van der Waals surface area contributed by atoms with E-state index in [1.54, 1.807) is 0 Å². The molecule has 7 heteroatoms. The van der Waals surface area contributed by atoms with E-state index in [4.69, 9.17) is 16.3 Å². The van der Waals surface area contributed by atoms with Gasteiger partial charge in [-0.2, -0.15) is 0 Å². The highest BCUT2D eigenvalue weighted by molar-refractivity contribution is 6.31. The summed E-state index contributed by atoms with van der Waals surface area (Å²) < 4.78 is 18.5. The molecule has 0 spiro atoms. The van der Waals surface area contributed by atoms with Gasteiger partial charge in [0.05, 0.1) is 36.2 Å². The SMILES string of the molecule is O=C(CNc1ccccc1N1CCOCC1)Nc1ccc(F)c(Cl)c1. The summed E-state index contributed by atoms with van der Waals surface area (Å²) in [5.41, 5.74) is 2.39. The third-order valence-electron chi connectivity index (χ3n) is 3.90. The van der Waals surface area contributed by atoms with Gasteiger partial charge in [0.15, 0.2) is 0 Å².